The topological polar surface area (TPSA) is 18.5 Å². The maximum atomic E-state index is 13.2. The van der Waals surface area contributed by atoms with Crippen molar-refractivity contribution < 1.29 is 13.9 Å². The molecule has 0 aliphatic heterocycles. The minimum atomic E-state index is -0.487. The van der Waals surface area contributed by atoms with Crippen LogP contribution in [0.3, 0.4) is 0 Å². The van der Waals surface area contributed by atoms with Crippen molar-refractivity contribution in [1.82, 2.24) is 0 Å². The van der Waals surface area contributed by atoms with Crippen LogP contribution >= 0.6 is 23.2 Å². The van der Waals surface area contributed by atoms with E-state index < -0.39 is 5.82 Å². The predicted octanol–water partition coefficient (Wildman–Crippen LogP) is 3.64. The Morgan fingerprint density at radius 1 is 1.47 bits per heavy atom. The average Bonchev–Trinajstić information content (AvgIpc) is 2.30. The molecule has 1 aromatic rings. The van der Waals surface area contributed by atoms with Crippen LogP contribution in [0.1, 0.15) is 13.3 Å². The van der Waals surface area contributed by atoms with Gasteiger partial charge in [-0.15, -0.1) is 11.6 Å². The van der Waals surface area contributed by atoms with E-state index in [9.17, 15) is 4.39 Å². The summed E-state index contributed by atoms with van der Waals surface area (Å²) in [5.41, 5.74) is 0. The number of rotatable bonds is 4. The first-order valence-electron chi connectivity index (χ1n) is 5.49. The molecule has 5 heteroatoms. The van der Waals surface area contributed by atoms with E-state index in [4.69, 9.17) is 32.7 Å². The van der Waals surface area contributed by atoms with Crippen LogP contribution in [-0.2, 0) is 4.74 Å². The van der Waals surface area contributed by atoms with E-state index in [0.717, 1.165) is 0 Å². The lowest BCUT2D eigenvalue weighted by molar-refractivity contribution is -0.0760. The van der Waals surface area contributed by atoms with Gasteiger partial charge in [-0.3, -0.25) is 0 Å². The molecule has 2 rings (SSSR count). The molecule has 3 unspecified atom stereocenters. The highest BCUT2D eigenvalue weighted by Gasteiger charge is 2.42. The second-order valence-corrected chi connectivity index (χ2v) is 4.87. The van der Waals surface area contributed by atoms with E-state index in [-0.39, 0.29) is 22.6 Å². The van der Waals surface area contributed by atoms with Gasteiger partial charge in [0.15, 0.2) is 0 Å². The van der Waals surface area contributed by atoms with Crippen molar-refractivity contribution in [3.8, 4) is 5.75 Å². The summed E-state index contributed by atoms with van der Waals surface area (Å²) in [5.74, 6) is -0.0379. The lowest BCUT2D eigenvalue weighted by Gasteiger charge is -2.40. The van der Waals surface area contributed by atoms with E-state index in [0.29, 0.717) is 18.8 Å². The number of benzene rings is 1. The summed E-state index contributed by atoms with van der Waals surface area (Å²) in [6, 6.07) is 4.38. The molecule has 94 valence electrons. The van der Waals surface area contributed by atoms with Gasteiger partial charge in [-0.1, -0.05) is 11.6 Å². The third-order valence-electron chi connectivity index (χ3n) is 2.72. The molecule has 0 amide bonds. The summed E-state index contributed by atoms with van der Waals surface area (Å²) in [4.78, 5) is 0. The SMILES string of the molecule is CCOC1C(Cl)CC1Oc1ccc(Cl)c(F)c1. The van der Waals surface area contributed by atoms with Crippen LogP contribution in [0.4, 0.5) is 4.39 Å². The van der Waals surface area contributed by atoms with Gasteiger partial charge >= 0.3 is 0 Å². The normalized spacial score (nSPS) is 27.6. The van der Waals surface area contributed by atoms with Crippen molar-refractivity contribution in [3.63, 3.8) is 0 Å². The van der Waals surface area contributed by atoms with E-state index >= 15 is 0 Å². The van der Waals surface area contributed by atoms with E-state index in [1.165, 1.54) is 12.1 Å². The van der Waals surface area contributed by atoms with Gasteiger partial charge in [0.25, 0.3) is 0 Å². The third kappa shape index (κ3) is 2.84. The lowest BCUT2D eigenvalue weighted by atomic mass is 9.91. The average molecular weight is 279 g/mol. The molecule has 0 aromatic heterocycles. The van der Waals surface area contributed by atoms with Gasteiger partial charge in [0.2, 0.25) is 0 Å². The summed E-state index contributed by atoms with van der Waals surface area (Å²) < 4.78 is 24.3. The Hall–Kier alpha value is -0.510. The number of ether oxygens (including phenoxy) is 2. The summed E-state index contributed by atoms with van der Waals surface area (Å²) in [5, 5.41) is 0.0552. The van der Waals surface area contributed by atoms with Gasteiger partial charge < -0.3 is 9.47 Å². The summed E-state index contributed by atoms with van der Waals surface area (Å²) >= 11 is 11.6. The van der Waals surface area contributed by atoms with E-state index in [1.807, 2.05) is 6.92 Å². The molecule has 0 bridgehead atoms. The first-order valence-corrected chi connectivity index (χ1v) is 6.30. The maximum absolute atomic E-state index is 13.2. The second kappa shape index (κ2) is 5.42. The molecule has 0 saturated heterocycles. The highest BCUT2D eigenvalue weighted by atomic mass is 35.5. The van der Waals surface area contributed by atoms with Gasteiger partial charge in [0, 0.05) is 19.1 Å². The summed E-state index contributed by atoms with van der Waals surface area (Å²) in [6.45, 7) is 2.49. The molecular formula is C12H13Cl2FO2. The maximum Gasteiger partial charge on any atom is 0.145 e. The summed E-state index contributed by atoms with van der Waals surface area (Å²) in [7, 11) is 0. The minimum Gasteiger partial charge on any atom is -0.487 e. The zero-order valence-corrected chi connectivity index (χ0v) is 10.8. The Morgan fingerprint density at radius 2 is 2.24 bits per heavy atom. The molecule has 1 aliphatic carbocycles. The van der Waals surface area contributed by atoms with Crippen molar-refractivity contribution in [1.29, 1.82) is 0 Å². The van der Waals surface area contributed by atoms with Crippen LogP contribution in [0, 0.1) is 5.82 Å². The van der Waals surface area contributed by atoms with Crippen molar-refractivity contribution in [2.45, 2.75) is 30.9 Å². The molecule has 0 radical (unpaired) electrons. The zero-order valence-electron chi connectivity index (χ0n) is 9.33. The molecule has 0 heterocycles. The van der Waals surface area contributed by atoms with Gasteiger partial charge in [-0.25, -0.2) is 4.39 Å². The summed E-state index contributed by atoms with van der Waals surface area (Å²) in [6.07, 6.45) is 0.467. The Bertz CT molecular complexity index is 400. The first kappa shape index (κ1) is 12.9. The van der Waals surface area contributed by atoms with E-state index in [2.05, 4.69) is 0 Å². The Morgan fingerprint density at radius 3 is 2.82 bits per heavy atom. The van der Waals surface area contributed by atoms with Crippen LogP contribution in [-0.4, -0.2) is 24.2 Å². The molecule has 1 aliphatic rings. The Kier molecular flexibility index (Phi) is 4.13. The quantitative estimate of drug-likeness (QED) is 0.783. The molecule has 2 nitrogen and oxygen atoms in total. The van der Waals surface area contributed by atoms with Crippen molar-refractivity contribution in [2.24, 2.45) is 0 Å². The highest BCUT2D eigenvalue weighted by molar-refractivity contribution is 6.30. The van der Waals surface area contributed by atoms with E-state index in [1.54, 1.807) is 6.07 Å². The highest BCUT2D eigenvalue weighted by Crippen LogP contribution is 2.33. The number of hydrogen-bond acceptors (Lipinski definition) is 2. The molecule has 1 fully saturated rings. The van der Waals surface area contributed by atoms with Crippen LogP contribution in [0.25, 0.3) is 0 Å². The van der Waals surface area contributed by atoms with Crippen molar-refractivity contribution in [2.75, 3.05) is 6.61 Å². The fourth-order valence-corrected chi connectivity index (χ4v) is 2.30. The number of halogens is 3. The predicted molar refractivity (Wildman–Crippen MR) is 65.5 cm³/mol. The Balaban J connectivity index is 1.99. The molecule has 3 atom stereocenters. The van der Waals surface area contributed by atoms with Gasteiger partial charge in [-0.2, -0.15) is 0 Å². The van der Waals surface area contributed by atoms with Crippen LogP contribution in [0.5, 0.6) is 5.75 Å². The minimum absolute atomic E-state index is 0.0305. The fourth-order valence-electron chi connectivity index (χ4n) is 1.77. The Labute approximate surface area is 110 Å². The zero-order chi connectivity index (χ0) is 12.4. The largest absolute Gasteiger partial charge is 0.487 e. The van der Waals surface area contributed by atoms with Crippen LogP contribution in [0.2, 0.25) is 5.02 Å². The van der Waals surface area contributed by atoms with Crippen molar-refractivity contribution in [3.05, 3.63) is 29.0 Å². The van der Waals surface area contributed by atoms with Crippen molar-refractivity contribution >= 4 is 23.2 Å². The molecule has 1 saturated carbocycles. The third-order valence-corrected chi connectivity index (χ3v) is 3.45. The number of alkyl halides is 1. The molecule has 1 aromatic carbocycles. The standard InChI is InChI=1S/C12H13Cl2FO2/c1-2-16-12-9(14)6-11(12)17-7-3-4-8(13)10(15)5-7/h3-5,9,11-12H,2,6H2,1H3. The van der Waals surface area contributed by atoms with Crippen LogP contribution < -0.4 is 4.74 Å². The van der Waals surface area contributed by atoms with Gasteiger partial charge in [0.05, 0.1) is 10.4 Å². The second-order valence-electron chi connectivity index (χ2n) is 3.90. The molecule has 0 spiro atoms. The van der Waals surface area contributed by atoms with Crippen LogP contribution in [0.15, 0.2) is 18.2 Å². The first-order chi connectivity index (χ1) is 8.11. The fraction of sp³-hybridized carbons (Fsp3) is 0.500. The smallest absolute Gasteiger partial charge is 0.145 e. The van der Waals surface area contributed by atoms with Gasteiger partial charge in [0.1, 0.15) is 23.8 Å². The molecule has 17 heavy (non-hydrogen) atoms. The molecular weight excluding hydrogens is 266 g/mol. The van der Waals surface area contributed by atoms with Gasteiger partial charge in [-0.05, 0) is 19.1 Å². The number of hydrogen-bond donors (Lipinski definition) is 0. The molecule has 0 N–H and O–H groups in total. The lowest BCUT2D eigenvalue weighted by Crippen LogP contribution is -2.52. The monoisotopic (exact) mass is 278 g/mol.